The van der Waals surface area contributed by atoms with E-state index in [0.29, 0.717) is 12.5 Å². The molecular formula is C22H46O. The smallest absolute Gasteiger partial charge is 0.0456 e. The second kappa shape index (κ2) is 20.0. The van der Waals surface area contributed by atoms with Crippen LogP contribution in [0.5, 0.6) is 0 Å². The largest absolute Gasteiger partial charge is 0.396 e. The summed E-state index contributed by atoms with van der Waals surface area (Å²) in [4.78, 5) is 0. The van der Waals surface area contributed by atoms with Gasteiger partial charge in [0, 0.05) is 6.61 Å². The Kier molecular flexibility index (Phi) is 20.0. The second-order valence-corrected chi connectivity index (χ2v) is 7.73. The maximum atomic E-state index is 8.97. The predicted molar refractivity (Wildman–Crippen MR) is 105 cm³/mol. The lowest BCUT2D eigenvalue weighted by molar-refractivity contribution is 0.227. The second-order valence-electron chi connectivity index (χ2n) is 7.73. The minimum Gasteiger partial charge on any atom is -0.396 e. The summed E-state index contributed by atoms with van der Waals surface area (Å²) in [5.74, 6) is 0.506. The lowest BCUT2D eigenvalue weighted by atomic mass is 10.0. The highest BCUT2D eigenvalue weighted by Crippen LogP contribution is 2.15. The van der Waals surface area contributed by atoms with Crippen molar-refractivity contribution in [2.75, 3.05) is 6.61 Å². The summed E-state index contributed by atoms with van der Waals surface area (Å²) in [6.07, 6.45) is 25.6. The van der Waals surface area contributed by atoms with Crippen LogP contribution in [-0.4, -0.2) is 11.7 Å². The van der Waals surface area contributed by atoms with Crippen LogP contribution in [0.4, 0.5) is 0 Å². The Morgan fingerprint density at radius 2 is 0.826 bits per heavy atom. The van der Waals surface area contributed by atoms with Crippen molar-refractivity contribution in [3.63, 3.8) is 0 Å². The van der Waals surface area contributed by atoms with Gasteiger partial charge < -0.3 is 5.11 Å². The Morgan fingerprint density at radius 3 is 1.13 bits per heavy atom. The quantitative estimate of drug-likeness (QED) is 0.242. The molecule has 0 rings (SSSR count). The van der Waals surface area contributed by atoms with E-state index in [1.54, 1.807) is 0 Å². The van der Waals surface area contributed by atoms with Gasteiger partial charge in [-0.15, -0.1) is 0 Å². The van der Waals surface area contributed by atoms with Gasteiger partial charge in [-0.2, -0.15) is 0 Å². The molecule has 0 spiro atoms. The molecule has 0 aromatic rings. The van der Waals surface area contributed by atoms with Gasteiger partial charge in [-0.25, -0.2) is 0 Å². The molecule has 0 heterocycles. The molecule has 1 N–H and O–H groups in total. The summed E-state index contributed by atoms with van der Waals surface area (Å²) in [6, 6.07) is 0. The third kappa shape index (κ3) is 19.9. The maximum absolute atomic E-state index is 8.97. The number of hydrogen-bond donors (Lipinski definition) is 1. The van der Waals surface area contributed by atoms with Gasteiger partial charge in [-0.1, -0.05) is 123 Å². The first-order valence-electron chi connectivity index (χ1n) is 10.9. The van der Waals surface area contributed by atoms with E-state index >= 15 is 0 Å². The molecule has 23 heavy (non-hydrogen) atoms. The van der Waals surface area contributed by atoms with Gasteiger partial charge in [0.1, 0.15) is 0 Å². The fraction of sp³-hybridized carbons (Fsp3) is 1.00. The molecule has 0 aliphatic rings. The van der Waals surface area contributed by atoms with Crippen molar-refractivity contribution in [1.82, 2.24) is 0 Å². The number of rotatable bonds is 19. The number of aliphatic hydroxyl groups is 1. The van der Waals surface area contributed by atoms with Gasteiger partial charge in [-0.05, 0) is 12.3 Å². The van der Waals surface area contributed by atoms with Crippen LogP contribution in [0.3, 0.4) is 0 Å². The van der Waals surface area contributed by atoms with E-state index in [1.807, 2.05) is 0 Å². The van der Waals surface area contributed by atoms with Crippen molar-refractivity contribution < 1.29 is 5.11 Å². The van der Waals surface area contributed by atoms with Crippen molar-refractivity contribution in [3.8, 4) is 0 Å². The standard InChI is InChI=1S/C22H46O/c1-3-4-5-6-7-8-9-10-11-12-13-14-15-16-17-18-19-20-22(2)21-23/h22-23H,3-21H2,1-2H3/t22-/m0/s1. The van der Waals surface area contributed by atoms with Crippen LogP contribution in [0, 0.1) is 5.92 Å². The SMILES string of the molecule is CCCCCCCCCCCCCCCCCCC[C@H](C)CO. The molecule has 0 saturated carbocycles. The Morgan fingerprint density at radius 1 is 0.522 bits per heavy atom. The molecule has 1 atom stereocenters. The minimum absolute atomic E-state index is 0.360. The highest BCUT2D eigenvalue weighted by Gasteiger charge is 1.99. The van der Waals surface area contributed by atoms with E-state index in [9.17, 15) is 0 Å². The Hall–Kier alpha value is -0.0400. The van der Waals surface area contributed by atoms with Gasteiger partial charge >= 0.3 is 0 Å². The topological polar surface area (TPSA) is 20.2 Å². The van der Waals surface area contributed by atoms with Crippen LogP contribution in [-0.2, 0) is 0 Å². The van der Waals surface area contributed by atoms with E-state index in [4.69, 9.17) is 5.11 Å². The van der Waals surface area contributed by atoms with Crippen molar-refractivity contribution in [2.24, 2.45) is 5.92 Å². The fourth-order valence-electron chi connectivity index (χ4n) is 3.31. The van der Waals surface area contributed by atoms with Crippen molar-refractivity contribution in [1.29, 1.82) is 0 Å². The van der Waals surface area contributed by atoms with E-state index in [2.05, 4.69) is 13.8 Å². The molecule has 1 heteroatoms. The average Bonchev–Trinajstić information content (AvgIpc) is 2.57. The van der Waals surface area contributed by atoms with E-state index in [-0.39, 0.29) is 0 Å². The van der Waals surface area contributed by atoms with Crippen LogP contribution in [0.25, 0.3) is 0 Å². The number of aliphatic hydroxyl groups excluding tert-OH is 1. The van der Waals surface area contributed by atoms with Crippen LogP contribution >= 0.6 is 0 Å². The molecule has 0 aromatic heterocycles. The van der Waals surface area contributed by atoms with Gasteiger partial charge in [-0.3, -0.25) is 0 Å². The fourth-order valence-corrected chi connectivity index (χ4v) is 3.31. The third-order valence-corrected chi connectivity index (χ3v) is 5.11. The Bertz CT molecular complexity index is 202. The molecule has 0 unspecified atom stereocenters. The third-order valence-electron chi connectivity index (χ3n) is 5.11. The van der Waals surface area contributed by atoms with Crippen LogP contribution in [0.15, 0.2) is 0 Å². The van der Waals surface area contributed by atoms with E-state index < -0.39 is 0 Å². The molecule has 0 saturated heterocycles. The van der Waals surface area contributed by atoms with E-state index in [1.165, 1.54) is 116 Å². The lowest BCUT2D eigenvalue weighted by Gasteiger charge is -2.07. The Balaban J connectivity index is 2.97. The summed E-state index contributed by atoms with van der Waals surface area (Å²) in [7, 11) is 0. The van der Waals surface area contributed by atoms with Crippen LogP contribution < -0.4 is 0 Å². The first-order valence-corrected chi connectivity index (χ1v) is 10.9. The molecule has 0 aliphatic heterocycles. The Labute approximate surface area is 147 Å². The summed E-state index contributed by atoms with van der Waals surface area (Å²) >= 11 is 0. The normalized spacial score (nSPS) is 12.7. The molecule has 0 bridgehead atoms. The van der Waals surface area contributed by atoms with Gasteiger partial charge in [0.2, 0.25) is 0 Å². The number of unbranched alkanes of at least 4 members (excludes halogenated alkanes) is 16. The van der Waals surface area contributed by atoms with E-state index in [0.717, 1.165) is 0 Å². The maximum Gasteiger partial charge on any atom is 0.0456 e. The molecule has 140 valence electrons. The highest BCUT2D eigenvalue weighted by atomic mass is 16.3. The first kappa shape index (κ1) is 23.0. The van der Waals surface area contributed by atoms with Crippen molar-refractivity contribution in [2.45, 2.75) is 129 Å². The highest BCUT2D eigenvalue weighted by molar-refractivity contribution is 4.53. The van der Waals surface area contributed by atoms with Gasteiger partial charge in [0.05, 0.1) is 0 Å². The zero-order valence-electron chi connectivity index (χ0n) is 16.5. The monoisotopic (exact) mass is 326 g/mol. The van der Waals surface area contributed by atoms with Crippen molar-refractivity contribution in [3.05, 3.63) is 0 Å². The summed E-state index contributed by atoms with van der Waals surface area (Å²) in [5.41, 5.74) is 0. The molecule has 0 fully saturated rings. The summed E-state index contributed by atoms with van der Waals surface area (Å²) in [6.45, 7) is 4.80. The molecule has 0 aromatic carbocycles. The molecule has 0 aliphatic carbocycles. The zero-order chi connectivity index (χ0) is 17.0. The van der Waals surface area contributed by atoms with Crippen LogP contribution in [0.2, 0.25) is 0 Å². The average molecular weight is 327 g/mol. The van der Waals surface area contributed by atoms with Gasteiger partial charge in [0.15, 0.2) is 0 Å². The summed E-state index contributed by atoms with van der Waals surface area (Å²) < 4.78 is 0. The molecule has 0 amide bonds. The number of hydrogen-bond acceptors (Lipinski definition) is 1. The van der Waals surface area contributed by atoms with Crippen LogP contribution in [0.1, 0.15) is 129 Å². The van der Waals surface area contributed by atoms with Gasteiger partial charge in [0.25, 0.3) is 0 Å². The lowest BCUT2D eigenvalue weighted by Crippen LogP contribution is -1.99. The molecule has 0 radical (unpaired) electrons. The molecular weight excluding hydrogens is 280 g/mol. The van der Waals surface area contributed by atoms with Crippen molar-refractivity contribution >= 4 is 0 Å². The summed E-state index contributed by atoms with van der Waals surface area (Å²) in [5, 5.41) is 8.97. The molecule has 1 nitrogen and oxygen atoms in total. The first-order chi connectivity index (χ1) is 11.3. The zero-order valence-corrected chi connectivity index (χ0v) is 16.5. The predicted octanol–water partition coefficient (Wildman–Crippen LogP) is 7.66. The minimum atomic E-state index is 0.360.